The van der Waals surface area contributed by atoms with Crippen molar-refractivity contribution in [3.63, 3.8) is 0 Å². The van der Waals surface area contributed by atoms with Crippen LogP contribution in [0.25, 0.3) is 0 Å². The molecule has 0 bridgehead atoms. The van der Waals surface area contributed by atoms with E-state index in [9.17, 15) is 4.39 Å². The molecule has 5 nitrogen and oxygen atoms in total. The van der Waals surface area contributed by atoms with E-state index in [4.69, 9.17) is 4.74 Å². The second-order valence-electron chi connectivity index (χ2n) is 6.41. The van der Waals surface area contributed by atoms with Gasteiger partial charge >= 0.3 is 0 Å². The lowest BCUT2D eigenvalue weighted by atomic mass is 10.2. The van der Waals surface area contributed by atoms with Crippen molar-refractivity contribution in [1.82, 2.24) is 14.8 Å². The van der Waals surface area contributed by atoms with Crippen LogP contribution >= 0.6 is 27.7 Å². The number of anilines is 1. The molecule has 0 radical (unpaired) electrons. The van der Waals surface area contributed by atoms with Gasteiger partial charge in [-0.1, -0.05) is 47.6 Å². The Kier molecular flexibility index (Phi) is 6.35. The summed E-state index contributed by atoms with van der Waals surface area (Å²) in [7, 11) is 0. The van der Waals surface area contributed by atoms with Crippen molar-refractivity contribution in [3.8, 4) is 0 Å². The number of benzene rings is 1. The zero-order chi connectivity index (χ0) is 17.8. The maximum Gasteiger partial charge on any atom is 0.228 e. The van der Waals surface area contributed by atoms with Crippen molar-refractivity contribution in [3.05, 3.63) is 34.1 Å². The predicted molar refractivity (Wildman–Crippen MR) is 102 cm³/mol. The van der Waals surface area contributed by atoms with Gasteiger partial charge in [-0.2, -0.15) is 0 Å². The maximum absolute atomic E-state index is 13.2. The summed E-state index contributed by atoms with van der Waals surface area (Å²) in [6.07, 6.45) is 0. The number of thioether (sulfide) groups is 1. The van der Waals surface area contributed by atoms with Gasteiger partial charge in [0.15, 0.2) is 5.16 Å². The topological polar surface area (TPSA) is 43.2 Å². The predicted octanol–water partition coefficient (Wildman–Crippen LogP) is 3.96. The highest BCUT2D eigenvalue weighted by Gasteiger charge is 2.21. The Bertz CT molecular complexity index is 719. The fraction of sp³-hybridized carbons (Fsp3) is 0.529. The van der Waals surface area contributed by atoms with E-state index in [1.165, 1.54) is 12.1 Å². The van der Waals surface area contributed by atoms with Gasteiger partial charge in [-0.25, -0.2) is 4.39 Å². The van der Waals surface area contributed by atoms with Crippen LogP contribution in [0.5, 0.6) is 0 Å². The van der Waals surface area contributed by atoms with Crippen LogP contribution in [0.4, 0.5) is 10.3 Å². The van der Waals surface area contributed by atoms with Crippen LogP contribution in [-0.4, -0.2) is 41.1 Å². The molecule has 8 heteroatoms. The molecule has 3 rings (SSSR count). The third kappa shape index (κ3) is 4.74. The Morgan fingerprint density at radius 2 is 2.04 bits per heavy atom. The first-order valence-electron chi connectivity index (χ1n) is 8.37. The first-order chi connectivity index (χ1) is 12.0. The van der Waals surface area contributed by atoms with Gasteiger partial charge in [-0.05, 0) is 23.6 Å². The number of nitrogens with zero attached hydrogens (tertiary/aromatic N) is 4. The minimum atomic E-state index is -0.238. The summed E-state index contributed by atoms with van der Waals surface area (Å²) in [5, 5.41) is 9.74. The van der Waals surface area contributed by atoms with Crippen LogP contribution in [0.15, 0.2) is 27.8 Å². The molecule has 2 heterocycles. The highest BCUT2D eigenvalue weighted by molar-refractivity contribution is 9.10. The largest absolute Gasteiger partial charge is 0.378 e. The Morgan fingerprint density at radius 3 is 2.72 bits per heavy atom. The Labute approximate surface area is 160 Å². The number of aromatic nitrogens is 3. The minimum absolute atomic E-state index is 0.238. The maximum atomic E-state index is 13.2. The lowest BCUT2D eigenvalue weighted by Crippen LogP contribution is -2.38. The van der Waals surface area contributed by atoms with E-state index in [2.05, 4.69) is 49.4 Å². The third-order valence-electron chi connectivity index (χ3n) is 3.91. The molecule has 0 aliphatic carbocycles. The monoisotopic (exact) mass is 428 g/mol. The number of ether oxygens (including phenoxy) is 1. The molecule has 1 aliphatic heterocycles. The summed E-state index contributed by atoms with van der Waals surface area (Å²) in [4.78, 5) is 2.23. The zero-order valence-corrected chi connectivity index (χ0v) is 16.8. The summed E-state index contributed by atoms with van der Waals surface area (Å²) in [5.41, 5.74) is 1.04. The van der Waals surface area contributed by atoms with Crippen LogP contribution in [0.2, 0.25) is 0 Å². The molecule has 1 saturated heterocycles. The summed E-state index contributed by atoms with van der Waals surface area (Å²) in [6, 6.07) is 4.78. The van der Waals surface area contributed by atoms with E-state index >= 15 is 0 Å². The zero-order valence-electron chi connectivity index (χ0n) is 14.4. The van der Waals surface area contributed by atoms with Crippen molar-refractivity contribution in [2.75, 3.05) is 31.2 Å². The van der Waals surface area contributed by atoms with E-state index in [0.29, 0.717) is 11.7 Å². The average Bonchev–Trinajstić information content (AvgIpc) is 2.97. The SMILES string of the molecule is CC(C)Cn1c(SCc2ccc(F)cc2Br)nnc1N1CCOCC1. The number of hydrogen-bond acceptors (Lipinski definition) is 5. The third-order valence-corrected chi connectivity index (χ3v) is 5.66. The van der Waals surface area contributed by atoms with E-state index in [1.807, 2.05) is 0 Å². The Balaban J connectivity index is 1.78. The van der Waals surface area contributed by atoms with Crippen LogP contribution in [0.3, 0.4) is 0 Å². The highest BCUT2D eigenvalue weighted by Crippen LogP contribution is 2.29. The van der Waals surface area contributed by atoms with E-state index in [0.717, 1.165) is 54.0 Å². The standard InChI is InChI=1S/C17H22BrFN4OS/c1-12(2)10-23-16(22-5-7-24-8-6-22)20-21-17(23)25-11-13-3-4-14(19)9-15(13)18/h3-4,9,12H,5-8,10-11H2,1-2H3. The fourth-order valence-electron chi connectivity index (χ4n) is 2.69. The van der Waals surface area contributed by atoms with Gasteiger partial charge in [0.25, 0.3) is 0 Å². The number of rotatable bonds is 6. The molecule has 0 amide bonds. The number of morpholine rings is 1. The van der Waals surface area contributed by atoms with Gasteiger partial charge in [0.2, 0.25) is 5.95 Å². The van der Waals surface area contributed by atoms with E-state index in [-0.39, 0.29) is 5.82 Å². The average molecular weight is 429 g/mol. The summed E-state index contributed by atoms with van der Waals surface area (Å²) in [6.45, 7) is 8.36. The molecule has 2 aromatic rings. The Morgan fingerprint density at radius 1 is 1.28 bits per heavy atom. The lowest BCUT2D eigenvalue weighted by molar-refractivity contribution is 0.121. The van der Waals surface area contributed by atoms with Crippen LogP contribution in [0.1, 0.15) is 19.4 Å². The highest BCUT2D eigenvalue weighted by atomic mass is 79.9. The Hall–Kier alpha value is -1.12. The second kappa shape index (κ2) is 8.51. The van der Waals surface area contributed by atoms with Crippen molar-refractivity contribution in [2.45, 2.75) is 31.3 Å². The molecule has 0 unspecified atom stereocenters. The van der Waals surface area contributed by atoms with Crippen LogP contribution in [0, 0.1) is 11.7 Å². The van der Waals surface area contributed by atoms with Gasteiger partial charge in [-0.3, -0.25) is 4.57 Å². The normalized spacial score (nSPS) is 15.2. The van der Waals surface area contributed by atoms with E-state index < -0.39 is 0 Å². The first-order valence-corrected chi connectivity index (χ1v) is 10.1. The van der Waals surface area contributed by atoms with Gasteiger partial charge in [0.05, 0.1) is 13.2 Å². The van der Waals surface area contributed by atoms with Crippen molar-refractivity contribution < 1.29 is 9.13 Å². The van der Waals surface area contributed by atoms with Crippen molar-refractivity contribution >= 4 is 33.6 Å². The quantitative estimate of drug-likeness (QED) is 0.651. The van der Waals surface area contributed by atoms with Crippen LogP contribution in [-0.2, 0) is 17.0 Å². The molecular weight excluding hydrogens is 407 g/mol. The van der Waals surface area contributed by atoms with E-state index in [1.54, 1.807) is 17.8 Å². The van der Waals surface area contributed by atoms with Gasteiger partial charge in [0.1, 0.15) is 5.82 Å². The molecule has 1 aromatic carbocycles. The molecule has 136 valence electrons. The molecule has 1 aromatic heterocycles. The summed E-state index contributed by atoms with van der Waals surface area (Å²) < 4.78 is 21.7. The minimum Gasteiger partial charge on any atom is -0.378 e. The molecule has 0 N–H and O–H groups in total. The van der Waals surface area contributed by atoms with Gasteiger partial charge in [0, 0.05) is 29.9 Å². The molecular formula is C17H22BrFN4OS. The first kappa shape index (κ1) is 18.7. The second-order valence-corrected chi connectivity index (χ2v) is 8.21. The van der Waals surface area contributed by atoms with Crippen LogP contribution < -0.4 is 4.90 Å². The fourth-order valence-corrected chi connectivity index (χ4v) is 4.31. The number of hydrogen-bond donors (Lipinski definition) is 0. The molecule has 0 saturated carbocycles. The molecule has 0 atom stereocenters. The lowest BCUT2D eigenvalue weighted by Gasteiger charge is -2.28. The molecule has 1 fully saturated rings. The molecule has 25 heavy (non-hydrogen) atoms. The number of halogens is 2. The smallest absolute Gasteiger partial charge is 0.228 e. The summed E-state index contributed by atoms with van der Waals surface area (Å²) in [5.74, 6) is 1.88. The van der Waals surface area contributed by atoms with Crippen molar-refractivity contribution in [2.24, 2.45) is 5.92 Å². The molecule has 1 aliphatic rings. The van der Waals surface area contributed by atoms with Gasteiger partial charge < -0.3 is 9.64 Å². The molecule has 0 spiro atoms. The van der Waals surface area contributed by atoms with Gasteiger partial charge in [-0.15, -0.1) is 10.2 Å². The summed E-state index contributed by atoms with van der Waals surface area (Å²) >= 11 is 5.05. The van der Waals surface area contributed by atoms with Crippen molar-refractivity contribution in [1.29, 1.82) is 0 Å².